The zero-order valence-corrected chi connectivity index (χ0v) is 4.79. The maximum absolute atomic E-state index is 10.7. The van der Waals surface area contributed by atoms with Crippen molar-refractivity contribution in [2.75, 3.05) is 6.54 Å². The van der Waals surface area contributed by atoms with Crippen LogP contribution in [0.1, 0.15) is 0 Å². The lowest BCUT2D eigenvalue weighted by molar-refractivity contribution is -0.116. The van der Waals surface area contributed by atoms with E-state index in [-0.39, 0.29) is 5.78 Å². The number of allylic oxidation sites excluding steroid dienone is 1. The summed E-state index contributed by atoms with van der Waals surface area (Å²) in [5.74, 6) is -0.578. The number of ketones is 1. The van der Waals surface area contributed by atoms with Crippen molar-refractivity contribution < 1.29 is 4.79 Å². The molecule has 1 aliphatic heterocycles. The molecule has 0 amide bonds. The minimum absolute atomic E-state index is 0.101. The van der Waals surface area contributed by atoms with Crippen LogP contribution in [0.4, 0.5) is 0 Å². The van der Waals surface area contributed by atoms with Gasteiger partial charge in [0, 0.05) is 12.7 Å². The van der Waals surface area contributed by atoms with Gasteiger partial charge >= 0.3 is 0 Å². The van der Waals surface area contributed by atoms with E-state index in [2.05, 4.69) is 5.32 Å². The molecule has 1 rings (SSSR count). The van der Waals surface area contributed by atoms with Gasteiger partial charge in [-0.05, 0) is 6.08 Å². The molecule has 1 atom stereocenters. The minimum Gasteiger partial charge on any atom is -0.389 e. The molecule has 0 aromatic rings. The number of hydrogen-bond donors (Lipinski definition) is 1. The Bertz CT molecular complexity index is 190. The fourth-order valence-corrected chi connectivity index (χ4v) is 0.653. The van der Waals surface area contributed by atoms with Gasteiger partial charge in [0.15, 0.2) is 5.78 Å². The summed E-state index contributed by atoms with van der Waals surface area (Å²) in [6, 6.07) is 1.89. The van der Waals surface area contributed by atoms with Crippen LogP contribution in [0.3, 0.4) is 0 Å². The largest absolute Gasteiger partial charge is 0.389 e. The Balaban J connectivity index is 2.69. The average molecular weight is 122 g/mol. The van der Waals surface area contributed by atoms with Crippen LogP contribution >= 0.6 is 0 Å². The Labute approximate surface area is 53.0 Å². The Morgan fingerprint density at radius 3 is 3.11 bits per heavy atom. The molecule has 0 saturated carbocycles. The van der Waals surface area contributed by atoms with Crippen molar-refractivity contribution >= 4 is 5.78 Å². The molecule has 0 aromatic heterocycles. The van der Waals surface area contributed by atoms with Gasteiger partial charge in [0.25, 0.3) is 0 Å². The Hall–Kier alpha value is -1.30. The number of rotatable bonds is 0. The van der Waals surface area contributed by atoms with Crippen LogP contribution in [0.5, 0.6) is 0 Å². The number of nitriles is 1. The number of nitrogens with zero attached hydrogens (tertiary/aromatic N) is 1. The van der Waals surface area contributed by atoms with Gasteiger partial charge in [-0.15, -0.1) is 0 Å². The molecular weight excluding hydrogens is 116 g/mol. The lowest BCUT2D eigenvalue weighted by Gasteiger charge is -2.08. The third-order valence-electron chi connectivity index (χ3n) is 1.19. The number of carbonyl (C=O) groups excluding carboxylic acids is 1. The van der Waals surface area contributed by atoms with E-state index < -0.39 is 5.92 Å². The molecule has 9 heavy (non-hydrogen) atoms. The van der Waals surface area contributed by atoms with Crippen LogP contribution in [0.25, 0.3) is 0 Å². The van der Waals surface area contributed by atoms with Gasteiger partial charge in [-0.1, -0.05) is 0 Å². The highest BCUT2D eigenvalue weighted by atomic mass is 16.1. The quantitative estimate of drug-likeness (QED) is 0.484. The number of nitrogens with one attached hydrogen (secondary N) is 1. The fourth-order valence-electron chi connectivity index (χ4n) is 0.653. The molecular formula is C6H6N2O. The molecule has 0 aromatic carbocycles. The van der Waals surface area contributed by atoms with E-state index in [1.54, 1.807) is 6.20 Å². The van der Waals surface area contributed by atoms with Crippen molar-refractivity contribution in [3.8, 4) is 6.07 Å². The summed E-state index contributed by atoms with van der Waals surface area (Å²) < 4.78 is 0. The average Bonchev–Trinajstić information content (AvgIpc) is 1.89. The molecule has 0 bridgehead atoms. The van der Waals surface area contributed by atoms with Gasteiger partial charge in [-0.25, -0.2) is 0 Å². The van der Waals surface area contributed by atoms with E-state index in [4.69, 9.17) is 5.26 Å². The standard InChI is InChI=1S/C6H6N2O/c7-3-5-4-8-2-1-6(5)9/h1-2,5,8H,4H2. The van der Waals surface area contributed by atoms with Crippen LogP contribution in [-0.2, 0) is 4.79 Å². The molecule has 0 saturated heterocycles. The third kappa shape index (κ3) is 1.08. The first-order valence-electron chi connectivity index (χ1n) is 2.68. The van der Waals surface area contributed by atoms with Gasteiger partial charge in [0.05, 0.1) is 6.07 Å². The van der Waals surface area contributed by atoms with E-state index in [1.165, 1.54) is 6.08 Å². The zero-order chi connectivity index (χ0) is 6.69. The van der Waals surface area contributed by atoms with Crippen molar-refractivity contribution in [3.63, 3.8) is 0 Å². The Morgan fingerprint density at radius 2 is 2.67 bits per heavy atom. The summed E-state index contributed by atoms with van der Waals surface area (Å²) in [7, 11) is 0. The SMILES string of the molecule is N#CC1CNC=CC1=O. The summed E-state index contributed by atoms with van der Waals surface area (Å²) >= 11 is 0. The van der Waals surface area contributed by atoms with Gasteiger partial charge in [0.1, 0.15) is 5.92 Å². The second-order valence-corrected chi connectivity index (χ2v) is 1.83. The summed E-state index contributed by atoms with van der Waals surface area (Å²) in [6.45, 7) is 0.450. The van der Waals surface area contributed by atoms with Crippen LogP contribution < -0.4 is 5.32 Å². The monoisotopic (exact) mass is 122 g/mol. The molecule has 0 radical (unpaired) electrons. The summed E-state index contributed by atoms with van der Waals surface area (Å²) in [5.41, 5.74) is 0. The van der Waals surface area contributed by atoms with Crippen molar-refractivity contribution in [3.05, 3.63) is 12.3 Å². The molecule has 0 fully saturated rings. The zero-order valence-electron chi connectivity index (χ0n) is 4.79. The molecule has 3 nitrogen and oxygen atoms in total. The second kappa shape index (κ2) is 2.31. The highest BCUT2D eigenvalue weighted by molar-refractivity contribution is 5.94. The number of hydrogen-bond acceptors (Lipinski definition) is 3. The topological polar surface area (TPSA) is 52.9 Å². The van der Waals surface area contributed by atoms with Crippen molar-refractivity contribution in [2.45, 2.75) is 0 Å². The number of carbonyl (C=O) groups is 1. The first kappa shape index (κ1) is 5.83. The Kier molecular flexibility index (Phi) is 1.50. The molecule has 1 aliphatic rings. The highest BCUT2D eigenvalue weighted by Crippen LogP contribution is 1.99. The molecule has 0 aliphatic carbocycles. The van der Waals surface area contributed by atoms with Crippen LogP contribution in [0.2, 0.25) is 0 Å². The first-order chi connectivity index (χ1) is 4.34. The highest BCUT2D eigenvalue weighted by Gasteiger charge is 2.16. The summed E-state index contributed by atoms with van der Waals surface area (Å²) in [5, 5.41) is 11.1. The molecule has 1 unspecified atom stereocenters. The van der Waals surface area contributed by atoms with Crippen LogP contribution in [-0.4, -0.2) is 12.3 Å². The fraction of sp³-hybridized carbons (Fsp3) is 0.333. The molecule has 1 N–H and O–H groups in total. The Morgan fingerprint density at radius 1 is 1.89 bits per heavy atom. The van der Waals surface area contributed by atoms with E-state index >= 15 is 0 Å². The van der Waals surface area contributed by atoms with Crippen molar-refractivity contribution in [1.82, 2.24) is 5.32 Å². The summed E-state index contributed by atoms with van der Waals surface area (Å²) in [4.78, 5) is 10.7. The van der Waals surface area contributed by atoms with Crippen molar-refractivity contribution in [2.24, 2.45) is 5.92 Å². The van der Waals surface area contributed by atoms with Gasteiger partial charge in [-0.3, -0.25) is 4.79 Å². The predicted molar refractivity (Wildman–Crippen MR) is 31.3 cm³/mol. The second-order valence-electron chi connectivity index (χ2n) is 1.83. The minimum atomic E-state index is -0.477. The lowest BCUT2D eigenvalue weighted by Crippen LogP contribution is -2.27. The van der Waals surface area contributed by atoms with Gasteiger partial charge in [0.2, 0.25) is 0 Å². The van der Waals surface area contributed by atoms with E-state index in [0.717, 1.165) is 0 Å². The molecule has 46 valence electrons. The molecule has 3 heteroatoms. The summed E-state index contributed by atoms with van der Waals surface area (Å²) in [6.07, 6.45) is 2.95. The van der Waals surface area contributed by atoms with Crippen molar-refractivity contribution in [1.29, 1.82) is 5.26 Å². The smallest absolute Gasteiger partial charge is 0.176 e. The predicted octanol–water partition coefficient (Wildman–Crippen LogP) is -0.188. The maximum Gasteiger partial charge on any atom is 0.176 e. The van der Waals surface area contributed by atoms with E-state index in [0.29, 0.717) is 6.54 Å². The molecule has 0 spiro atoms. The molecule has 1 heterocycles. The maximum atomic E-state index is 10.7. The van der Waals surface area contributed by atoms with E-state index in [9.17, 15) is 4.79 Å². The third-order valence-corrected chi connectivity index (χ3v) is 1.19. The normalized spacial score (nSPS) is 24.8. The van der Waals surface area contributed by atoms with Crippen LogP contribution in [0, 0.1) is 17.2 Å². The first-order valence-corrected chi connectivity index (χ1v) is 2.68. The van der Waals surface area contributed by atoms with E-state index in [1.807, 2.05) is 6.07 Å². The van der Waals surface area contributed by atoms with Gasteiger partial charge in [-0.2, -0.15) is 5.26 Å². The lowest BCUT2D eigenvalue weighted by atomic mass is 10.0. The van der Waals surface area contributed by atoms with Gasteiger partial charge < -0.3 is 5.32 Å². The van der Waals surface area contributed by atoms with Crippen LogP contribution in [0.15, 0.2) is 12.3 Å².